The molecule has 3 N–H and O–H groups in total. The first kappa shape index (κ1) is 15.6. The minimum absolute atomic E-state index is 0.00102. The summed E-state index contributed by atoms with van der Waals surface area (Å²) in [7, 11) is -4.10. The van der Waals surface area contributed by atoms with Crippen LogP contribution in [-0.2, 0) is 10.2 Å². The van der Waals surface area contributed by atoms with Gasteiger partial charge in [-0.25, -0.2) is 0 Å². The molecule has 16 heavy (non-hydrogen) atoms. The summed E-state index contributed by atoms with van der Waals surface area (Å²) in [6.07, 6.45) is -4.05. The lowest BCUT2D eigenvalue weighted by atomic mass is 10.5. The predicted molar refractivity (Wildman–Crippen MR) is 53.9 cm³/mol. The first-order valence-electron chi connectivity index (χ1n) is 4.74. The predicted octanol–water partition coefficient (Wildman–Crippen LogP) is 0.0538. The number of hydrogen-bond acceptors (Lipinski definition) is 3. The molecule has 0 saturated heterocycles. The van der Waals surface area contributed by atoms with E-state index in [0.717, 1.165) is 4.31 Å². The van der Waals surface area contributed by atoms with Crippen LogP contribution in [0.3, 0.4) is 0 Å². The van der Waals surface area contributed by atoms with Crippen molar-refractivity contribution in [2.24, 2.45) is 5.73 Å². The van der Waals surface area contributed by atoms with Gasteiger partial charge in [0.15, 0.2) is 0 Å². The first-order chi connectivity index (χ1) is 7.23. The fraction of sp³-hybridized carbons (Fsp3) is 1.00. The van der Waals surface area contributed by atoms with Crippen molar-refractivity contribution in [2.45, 2.75) is 19.5 Å². The summed E-state index contributed by atoms with van der Waals surface area (Å²) >= 11 is 0. The maximum Gasteiger partial charge on any atom is 0.402 e. The minimum atomic E-state index is -4.56. The summed E-state index contributed by atoms with van der Waals surface area (Å²) < 4.78 is 60.8. The van der Waals surface area contributed by atoms with E-state index >= 15 is 0 Å². The van der Waals surface area contributed by atoms with E-state index in [1.807, 2.05) is 0 Å². The van der Waals surface area contributed by atoms with Crippen molar-refractivity contribution in [2.75, 3.05) is 26.2 Å². The Balaban J connectivity index is 4.47. The second-order valence-electron chi connectivity index (χ2n) is 3.13. The molecule has 0 amide bonds. The highest BCUT2D eigenvalue weighted by Crippen LogP contribution is 2.13. The second kappa shape index (κ2) is 6.38. The zero-order valence-electron chi connectivity index (χ0n) is 8.92. The van der Waals surface area contributed by atoms with Gasteiger partial charge >= 0.3 is 6.18 Å². The maximum absolute atomic E-state index is 11.9. The molecule has 0 aromatic heterocycles. The molecule has 0 fully saturated rings. The van der Waals surface area contributed by atoms with Crippen LogP contribution in [0.1, 0.15) is 13.3 Å². The number of halogens is 3. The molecule has 0 aliphatic carbocycles. The van der Waals surface area contributed by atoms with E-state index in [4.69, 9.17) is 5.73 Å². The Morgan fingerprint density at radius 3 is 2.25 bits per heavy atom. The third kappa shape index (κ3) is 6.26. The van der Waals surface area contributed by atoms with E-state index < -0.39 is 22.9 Å². The second-order valence-corrected chi connectivity index (χ2v) is 4.88. The fourth-order valence-electron chi connectivity index (χ4n) is 1.01. The molecule has 0 aliphatic rings. The van der Waals surface area contributed by atoms with Crippen LogP contribution in [-0.4, -0.2) is 45.1 Å². The van der Waals surface area contributed by atoms with Gasteiger partial charge in [0.25, 0.3) is 10.2 Å². The van der Waals surface area contributed by atoms with Gasteiger partial charge < -0.3 is 5.73 Å². The number of nitrogens with one attached hydrogen (secondary N) is 1. The Kier molecular flexibility index (Phi) is 6.23. The Hall–Kier alpha value is -0.380. The Morgan fingerprint density at radius 2 is 1.88 bits per heavy atom. The average molecular weight is 263 g/mol. The Morgan fingerprint density at radius 1 is 1.31 bits per heavy atom. The largest absolute Gasteiger partial charge is 0.402 e. The van der Waals surface area contributed by atoms with Gasteiger partial charge in [-0.15, -0.1) is 0 Å². The van der Waals surface area contributed by atoms with Gasteiger partial charge in [0.05, 0.1) is 0 Å². The van der Waals surface area contributed by atoms with Gasteiger partial charge in [-0.05, 0) is 6.42 Å². The van der Waals surface area contributed by atoms with Crippen LogP contribution in [0.2, 0.25) is 0 Å². The third-order valence-corrected chi connectivity index (χ3v) is 3.20. The molecule has 5 nitrogen and oxygen atoms in total. The van der Waals surface area contributed by atoms with Crippen LogP contribution in [0.25, 0.3) is 0 Å². The highest BCUT2D eigenvalue weighted by Gasteiger charge is 2.31. The molecule has 0 heterocycles. The van der Waals surface area contributed by atoms with E-state index in [-0.39, 0.29) is 19.6 Å². The van der Waals surface area contributed by atoms with Crippen molar-refractivity contribution in [3.63, 3.8) is 0 Å². The molecular weight excluding hydrogens is 247 g/mol. The SMILES string of the molecule is CCCN(CCN)S(=O)(=O)NCC(F)(F)F. The van der Waals surface area contributed by atoms with Gasteiger partial charge in [0.1, 0.15) is 6.54 Å². The topological polar surface area (TPSA) is 75.4 Å². The number of hydrogen-bond donors (Lipinski definition) is 2. The zero-order valence-corrected chi connectivity index (χ0v) is 9.74. The van der Waals surface area contributed by atoms with Crippen LogP contribution < -0.4 is 10.5 Å². The molecular formula is C7H16F3N3O2S. The zero-order chi connectivity index (χ0) is 12.8. The van der Waals surface area contributed by atoms with Gasteiger partial charge in [0, 0.05) is 19.6 Å². The van der Waals surface area contributed by atoms with Crippen LogP contribution in [0.15, 0.2) is 0 Å². The van der Waals surface area contributed by atoms with E-state index in [2.05, 4.69) is 0 Å². The lowest BCUT2D eigenvalue weighted by Gasteiger charge is -2.21. The van der Waals surface area contributed by atoms with Crippen LogP contribution in [0, 0.1) is 0 Å². The van der Waals surface area contributed by atoms with Crippen LogP contribution >= 0.6 is 0 Å². The van der Waals surface area contributed by atoms with Crippen molar-refractivity contribution < 1.29 is 21.6 Å². The molecule has 0 aromatic carbocycles. The third-order valence-electron chi connectivity index (χ3n) is 1.65. The smallest absolute Gasteiger partial charge is 0.329 e. The Bertz CT molecular complexity index is 286. The maximum atomic E-state index is 11.9. The summed E-state index contributed by atoms with van der Waals surface area (Å²) in [5.74, 6) is 0. The van der Waals surface area contributed by atoms with Crippen molar-refractivity contribution >= 4 is 10.2 Å². The molecule has 0 aromatic rings. The van der Waals surface area contributed by atoms with Crippen LogP contribution in [0.5, 0.6) is 0 Å². The normalized spacial score (nSPS) is 13.4. The highest BCUT2D eigenvalue weighted by molar-refractivity contribution is 7.87. The molecule has 0 rings (SSSR count). The van der Waals surface area contributed by atoms with Gasteiger partial charge in [-0.2, -0.15) is 30.6 Å². The van der Waals surface area contributed by atoms with E-state index in [9.17, 15) is 21.6 Å². The summed E-state index contributed by atoms with van der Waals surface area (Å²) in [6.45, 7) is 0.362. The van der Waals surface area contributed by atoms with Crippen molar-refractivity contribution in [1.29, 1.82) is 0 Å². The van der Waals surface area contributed by atoms with Crippen molar-refractivity contribution in [3.8, 4) is 0 Å². The molecule has 98 valence electrons. The van der Waals surface area contributed by atoms with Gasteiger partial charge in [-0.1, -0.05) is 6.92 Å². The van der Waals surface area contributed by atoms with Crippen molar-refractivity contribution in [1.82, 2.24) is 9.03 Å². The van der Waals surface area contributed by atoms with E-state index in [0.29, 0.717) is 6.42 Å². The highest BCUT2D eigenvalue weighted by atomic mass is 32.2. The van der Waals surface area contributed by atoms with Crippen LogP contribution in [0.4, 0.5) is 13.2 Å². The average Bonchev–Trinajstić information content (AvgIpc) is 2.14. The quantitative estimate of drug-likeness (QED) is 0.681. The van der Waals surface area contributed by atoms with E-state index in [1.165, 1.54) is 4.72 Å². The number of alkyl halides is 3. The minimum Gasteiger partial charge on any atom is -0.329 e. The fourth-order valence-corrected chi connectivity index (χ4v) is 2.31. The van der Waals surface area contributed by atoms with E-state index in [1.54, 1.807) is 6.92 Å². The molecule has 0 radical (unpaired) electrons. The Labute approximate surface area is 93.0 Å². The summed E-state index contributed by atoms with van der Waals surface area (Å²) in [6, 6.07) is 0. The lowest BCUT2D eigenvalue weighted by Crippen LogP contribution is -2.46. The summed E-state index contributed by atoms with van der Waals surface area (Å²) in [4.78, 5) is 0. The summed E-state index contributed by atoms with van der Waals surface area (Å²) in [5.41, 5.74) is 5.18. The molecule has 0 aliphatic heterocycles. The molecule has 0 bridgehead atoms. The standard InChI is InChI=1S/C7H16F3N3O2S/c1-2-4-13(5-3-11)16(14,15)12-6-7(8,9)10/h12H,2-6,11H2,1H3. The summed E-state index contributed by atoms with van der Waals surface area (Å²) in [5, 5.41) is 0. The molecule has 9 heteroatoms. The first-order valence-corrected chi connectivity index (χ1v) is 6.18. The monoisotopic (exact) mass is 263 g/mol. The van der Waals surface area contributed by atoms with Gasteiger partial charge in [0.2, 0.25) is 0 Å². The molecule has 0 atom stereocenters. The van der Waals surface area contributed by atoms with Crippen molar-refractivity contribution in [3.05, 3.63) is 0 Å². The molecule has 0 saturated carbocycles. The number of rotatable bonds is 7. The van der Waals surface area contributed by atoms with Gasteiger partial charge in [-0.3, -0.25) is 0 Å². The lowest BCUT2D eigenvalue weighted by molar-refractivity contribution is -0.121. The molecule has 0 unspecified atom stereocenters. The number of nitrogens with zero attached hydrogens (tertiary/aromatic N) is 1. The number of nitrogens with two attached hydrogens (primary N) is 1. The molecule has 0 spiro atoms.